The Kier molecular flexibility index (Phi) is 9.64. The van der Waals surface area contributed by atoms with E-state index in [1.54, 1.807) is 0 Å². The fourth-order valence-corrected chi connectivity index (χ4v) is 13.8. The zero-order valence-corrected chi connectivity index (χ0v) is 43.3. The van der Waals surface area contributed by atoms with Gasteiger partial charge in [-0.05, 0) is 182 Å². The van der Waals surface area contributed by atoms with Crippen molar-refractivity contribution in [1.29, 1.82) is 0 Å². The van der Waals surface area contributed by atoms with Crippen LogP contribution in [0.3, 0.4) is 0 Å². The SMILES string of the molecule is CC1(C)c2cc(-c3ccc4ccccc4c3)ccc2-c2ccc(N(c3ccc4c(c3)C(C)(C)c3cc(-c5ccc6ccccc6c5)ccc3-4)c3ccc4c(c3)C(c3ccccc3)(c3ccccc3)c3ccccc3-4)cc21. The summed E-state index contributed by atoms with van der Waals surface area (Å²) >= 11 is 0. The largest absolute Gasteiger partial charge is 0.310 e. The summed E-state index contributed by atoms with van der Waals surface area (Å²) in [5.41, 5.74) is 25.7. The minimum Gasteiger partial charge on any atom is -0.310 e. The molecule has 0 saturated heterocycles. The quantitative estimate of drug-likeness (QED) is 0.154. The fourth-order valence-electron chi connectivity index (χ4n) is 13.8. The molecule has 12 aromatic carbocycles. The molecule has 0 aliphatic heterocycles. The molecule has 0 fully saturated rings. The van der Waals surface area contributed by atoms with Crippen LogP contribution in [0, 0.1) is 0 Å². The smallest absolute Gasteiger partial charge is 0.0714 e. The highest BCUT2D eigenvalue weighted by atomic mass is 15.1. The summed E-state index contributed by atoms with van der Waals surface area (Å²) in [6, 6.07) is 98.5. The fraction of sp³-hybridized carbons (Fsp3) is 0.0933. The predicted molar refractivity (Wildman–Crippen MR) is 319 cm³/mol. The normalized spacial score (nSPS) is 14.6. The molecule has 0 aromatic heterocycles. The number of anilines is 3. The van der Waals surface area contributed by atoms with E-state index >= 15 is 0 Å². The van der Waals surface area contributed by atoms with Crippen LogP contribution in [0.25, 0.3) is 77.2 Å². The van der Waals surface area contributed by atoms with Gasteiger partial charge in [0, 0.05) is 27.9 Å². The van der Waals surface area contributed by atoms with Crippen LogP contribution in [0.5, 0.6) is 0 Å². The molecule has 0 saturated carbocycles. The summed E-state index contributed by atoms with van der Waals surface area (Å²) in [6.45, 7) is 9.66. The van der Waals surface area contributed by atoms with Crippen molar-refractivity contribution >= 4 is 38.6 Å². The number of nitrogens with zero attached hydrogens (tertiary/aromatic N) is 1. The van der Waals surface area contributed by atoms with Crippen molar-refractivity contribution in [3.63, 3.8) is 0 Å². The van der Waals surface area contributed by atoms with Gasteiger partial charge in [-0.2, -0.15) is 0 Å². The molecule has 76 heavy (non-hydrogen) atoms. The maximum absolute atomic E-state index is 2.55. The van der Waals surface area contributed by atoms with Gasteiger partial charge in [-0.3, -0.25) is 0 Å². The van der Waals surface area contributed by atoms with Gasteiger partial charge in [-0.1, -0.05) is 228 Å². The molecule has 1 heteroatoms. The van der Waals surface area contributed by atoms with Gasteiger partial charge in [-0.25, -0.2) is 0 Å². The first-order valence-electron chi connectivity index (χ1n) is 26.9. The molecule has 3 aliphatic rings. The second-order valence-electron chi connectivity index (χ2n) is 22.4. The lowest BCUT2D eigenvalue weighted by molar-refractivity contribution is 0.660. The Balaban J connectivity index is 0.906. The zero-order valence-electron chi connectivity index (χ0n) is 43.3. The monoisotopic (exact) mass is 969 g/mol. The maximum atomic E-state index is 2.55. The van der Waals surface area contributed by atoms with Gasteiger partial charge >= 0.3 is 0 Å². The number of hydrogen-bond acceptors (Lipinski definition) is 1. The highest BCUT2D eigenvalue weighted by Crippen LogP contribution is 2.59. The summed E-state index contributed by atoms with van der Waals surface area (Å²) in [5.74, 6) is 0. The standard InChI is InChI=1S/C75H55N/c1-73(2)68-43-54(52-29-27-48-17-11-13-19-50(48)41-52)31-36-62(68)64-38-33-58(45-70(64)73)76(59-34-39-65-63-37-32-55(44-69(63)74(3,4)71(65)46-59)53-30-28-49-18-12-14-20-51(49)42-53)60-35-40-66-61-25-15-16-26-67(61)75(72(66)47-60,56-21-7-5-8-22-56)57-23-9-6-10-24-57/h5-47H,1-4H3. The van der Waals surface area contributed by atoms with Crippen LogP contribution >= 0.6 is 0 Å². The predicted octanol–water partition coefficient (Wildman–Crippen LogP) is 19.8. The average molecular weight is 970 g/mol. The van der Waals surface area contributed by atoms with Crippen molar-refractivity contribution in [3.05, 3.63) is 305 Å². The third-order valence-electron chi connectivity index (χ3n) is 17.7. The van der Waals surface area contributed by atoms with Crippen molar-refractivity contribution in [3.8, 4) is 55.6 Å². The lowest BCUT2D eigenvalue weighted by Gasteiger charge is -2.35. The molecule has 0 amide bonds. The second kappa shape index (κ2) is 16.5. The third-order valence-corrected chi connectivity index (χ3v) is 17.7. The van der Waals surface area contributed by atoms with E-state index in [0.717, 1.165) is 17.1 Å². The van der Waals surface area contributed by atoms with E-state index in [2.05, 4.69) is 293 Å². The van der Waals surface area contributed by atoms with E-state index in [1.165, 1.54) is 122 Å². The lowest BCUT2D eigenvalue weighted by atomic mass is 9.67. The van der Waals surface area contributed by atoms with E-state index in [-0.39, 0.29) is 10.8 Å². The molecular formula is C75H55N. The lowest BCUT2D eigenvalue weighted by Crippen LogP contribution is -2.28. The molecule has 0 N–H and O–H groups in total. The molecule has 0 spiro atoms. The molecule has 0 bridgehead atoms. The van der Waals surface area contributed by atoms with Crippen LogP contribution in [0.2, 0.25) is 0 Å². The van der Waals surface area contributed by atoms with E-state index in [1.807, 2.05) is 0 Å². The first-order chi connectivity index (χ1) is 37.2. The minimum atomic E-state index is -0.537. The van der Waals surface area contributed by atoms with E-state index in [4.69, 9.17) is 0 Å². The maximum Gasteiger partial charge on any atom is 0.0714 e. The zero-order chi connectivity index (χ0) is 50.9. The molecule has 360 valence electrons. The minimum absolute atomic E-state index is 0.251. The van der Waals surface area contributed by atoms with Crippen molar-refractivity contribution in [1.82, 2.24) is 0 Å². The molecule has 1 nitrogen and oxygen atoms in total. The van der Waals surface area contributed by atoms with Crippen molar-refractivity contribution < 1.29 is 0 Å². The Morgan fingerprint density at radius 1 is 0.237 bits per heavy atom. The van der Waals surface area contributed by atoms with E-state index < -0.39 is 5.41 Å². The summed E-state index contributed by atoms with van der Waals surface area (Å²) in [6.07, 6.45) is 0. The molecule has 0 atom stereocenters. The van der Waals surface area contributed by atoms with Crippen LogP contribution in [-0.2, 0) is 16.2 Å². The Hall–Kier alpha value is -9.04. The average Bonchev–Trinajstić information content (AvgIpc) is 4.21. The van der Waals surface area contributed by atoms with Gasteiger partial charge in [0.2, 0.25) is 0 Å². The van der Waals surface area contributed by atoms with Gasteiger partial charge in [0.15, 0.2) is 0 Å². The van der Waals surface area contributed by atoms with Gasteiger partial charge < -0.3 is 4.90 Å². The topological polar surface area (TPSA) is 3.24 Å². The van der Waals surface area contributed by atoms with Gasteiger partial charge in [0.05, 0.1) is 5.41 Å². The Bertz CT molecular complexity index is 4120. The Labute approximate surface area is 446 Å². The van der Waals surface area contributed by atoms with Crippen LogP contribution in [0.1, 0.15) is 72.2 Å². The van der Waals surface area contributed by atoms with E-state index in [0.29, 0.717) is 0 Å². The first kappa shape index (κ1) is 44.4. The number of benzene rings is 12. The number of rotatable bonds is 7. The van der Waals surface area contributed by atoms with Gasteiger partial charge in [-0.15, -0.1) is 0 Å². The highest BCUT2D eigenvalue weighted by molar-refractivity contribution is 5.95. The summed E-state index contributed by atoms with van der Waals surface area (Å²) in [7, 11) is 0. The Morgan fingerprint density at radius 3 is 1.04 bits per heavy atom. The van der Waals surface area contributed by atoms with Crippen molar-refractivity contribution in [2.24, 2.45) is 0 Å². The molecule has 0 unspecified atom stereocenters. The van der Waals surface area contributed by atoms with Crippen LogP contribution in [-0.4, -0.2) is 0 Å². The van der Waals surface area contributed by atoms with Gasteiger partial charge in [0.25, 0.3) is 0 Å². The summed E-state index contributed by atoms with van der Waals surface area (Å²) in [5, 5.41) is 5.05. The van der Waals surface area contributed by atoms with E-state index in [9.17, 15) is 0 Å². The molecule has 12 aromatic rings. The Morgan fingerprint density at radius 2 is 0.566 bits per heavy atom. The van der Waals surface area contributed by atoms with Crippen molar-refractivity contribution in [2.75, 3.05) is 4.90 Å². The molecule has 0 radical (unpaired) electrons. The highest BCUT2D eigenvalue weighted by Gasteiger charge is 2.47. The number of hydrogen-bond donors (Lipinski definition) is 0. The first-order valence-corrected chi connectivity index (χ1v) is 26.9. The van der Waals surface area contributed by atoms with Crippen LogP contribution in [0.4, 0.5) is 17.1 Å². The van der Waals surface area contributed by atoms with Crippen LogP contribution < -0.4 is 4.90 Å². The molecule has 0 heterocycles. The summed E-state index contributed by atoms with van der Waals surface area (Å²) in [4.78, 5) is 2.55. The van der Waals surface area contributed by atoms with Gasteiger partial charge in [0.1, 0.15) is 0 Å². The second-order valence-corrected chi connectivity index (χ2v) is 22.4. The third kappa shape index (κ3) is 6.45. The number of fused-ring (bicyclic) bond motifs is 11. The molecular weight excluding hydrogens is 915 g/mol. The molecule has 15 rings (SSSR count). The van der Waals surface area contributed by atoms with Crippen molar-refractivity contribution in [2.45, 2.75) is 43.9 Å². The summed E-state index contributed by atoms with van der Waals surface area (Å²) < 4.78 is 0. The molecule has 3 aliphatic carbocycles. The van der Waals surface area contributed by atoms with Crippen LogP contribution in [0.15, 0.2) is 261 Å².